The van der Waals surface area contributed by atoms with Gasteiger partial charge in [0, 0.05) is 19.1 Å². The maximum atomic E-state index is 6.08. The van der Waals surface area contributed by atoms with Crippen LogP contribution in [0.5, 0.6) is 0 Å². The second-order valence-corrected chi connectivity index (χ2v) is 4.67. The number of hydrogen-bond acceptors (Lipinski definition) is 2. The minimum absolute atomic E-state index is 0.160. The van der Waals surface area contributed by atoms with Crippen molar-refractivity contribution in [2.24, 2.45) is 5.73 Å². The maximum absolute atomic E-state index is 6.08. The van der Waals surface area contributed by atoms with Gasteiger partial charge in [0.25, 0.3) is 0 Å². The van der Waals surface area contributed by atoms with Gasteiger partial charge in [-0.05, 0) is 25.6 Å². The lowest BCUT2D eigenvalue weighted by Gasteiger charge is -2.19. The van der Waals surface area contributed by atoms with E-state index in [1.54, 1.807) is 6.07 Å². The Labute approximate surface area is 101 Å². The molecule has 0 aliphatic heterocycles. The van der Waals surface area contributed by atoms with Crippen LogP contribution in [0.25, 0.3) is 0 Å². The van der Waals surface area contributed by atoms with Gasteiger partial charge in [-0.25, -0.2) is 0 Å². The lowest BCUT2D eigenvalue weighted by Crippen LogP contribution is -2.32. The smallest absolute Gasteiger partial charge is 0.0637 e. The van der Waals surface area contributed by atoms with Crippen LogP contribution in [0.2, 0.25) is 10.0 Å². The summed E-state index contributed by atoms with van der Waals surface area (Å²) < 4.78 is 0. The summed E-state index contributed by atoms with van der Waals surface area (Å²) in [4.78, 5) is 2.13. The molecular formula is C11H16Cl2N2. The van der Waals surface area contributed by atoms with Gasteiger partial charge in [-0.15, -0.1) is 0 Å². The minimum Gasteiger partial charge on any atom is -0.327 e. The van der Waals surface area contributed by atoms with E-state index in [4.69, 9.17) is 28.9 Å². The van der Waals surface area contributed by atoms with E-state index in [9.17, 15) is 0 Å². The molecule has 4 heteroatoms. The van der Waals surface area contributed by atoms with Crippen molar-refractivity contribution >= 4 is 23.2 Å². The molecule has 84 valence electrons. The molecule has 15 heavy (non-hydrogen) atoms. The highest BCUT2D eigenvalue weighted by molar-refractivity contribution is 6.42. The molecule has 2 nitrogen and oxygen atoms in total. The van der Waals surface area contributed by atoms with Crippen LogP contribution in [0, 0.1) is 0 Å². The number of nitrogens with zero attached hydrogens (tertiary/aromatic N) is 1. The first-order chi connectivity index (χ1) is 7.00. The van der Waals surface area contributed by atoms with E-state index in [-0.39, 0.29) is 6.04 Å². The third kappa shape index (κ3) is 3.99. The highest BCUT2D eigenvalue weighted by Crippen LogP contribution is 2.26. The van der Waals surface area contributed by atoms with Crippen molar-refractivity contribution in [2.75, 3.05) is 13.6 Å². The molecule has 0 bridgehead atoms. The zero-order valence-electron chi connectivity index (χ0n) is 9.00. The Morgan fingerprint density at radius 3 is 2.67 bits per heavy atom. The predicted molar refractivity (Wildman–Crippen MR) is 66.4 cm³/mol. The van der Waals surface area contributed by atoms with E-state index >= 15 is 0 Å². The number of rotatable bonds is 4. The van der Waals surface area contributed by atoms with Crippen LogP contribution in [0.4, 0.5) is 0 Å². The first-order valence-electron chi connectivity index (χ1n) is 4.87. The molecule has 0 heterocycles. The summed E-state index contributed by atoms with van der Waals surface area (Å²) in [5, 5.41) is 1.24. The van der Waals surface area contributed by atoms with Crippen molar-refractivity contribution in [2.45, 2.75) is 19.5 Å². The van der Waals surface area contributed by atoms with Gasteiger partial charge < -0.3 is 10.6 Å². The lowest BCUT2D eigenvalue weighted by atomic mass is 10.2. The van der Waals surface area contributed by atoms with Crippen LogP contribution in [0.3, 0.4) is 0 Å². The van der Waals surface area contributed by atoms with E-state index in [0.29, 0.717) is 10.0 Å². The fraction of sp³-hybridized carbons (Fsp3) is 0.455. The molecule has 0 spiro atoms. The fourth-order valence-corrected chi connectivity index (χ4v) is 1.90. The number of halogens is 2. The van der Waals surface area contributed by atoms with Crippen LogP contribution in [0.1, 0.15) is 12.5 Å². The molecule has 1 unspecified atom stereocenters. The maximum Gasteiger partial charge on any atom is 0.0637 e. The van der Waals surface area contributed by atoms with Crippen molar-refractivity contribution in [1.29, 1.82) is 0 Å². The third-order valence-corrected chi connectivity index (χ3v) is 2.93. The van der Waals surface area contributed by atoms with E-state index in [2.05, 4.69) is 4.90 Å². The summed E-state index contributed by atoms with van der Waals surface area (Å²) in [5.74, 6) is 0. The van der Waals surface area contributed by atoms with Gasteiger partial charge >= 0.3 is 0 Å². The average molecular weight is 247 g/mol. The topological polar surface area (TPSA) is 29.3 Å². The quantitative estimate of drug-likeness (QED) is 0.886. The summed E-state index contributed by atoms with van der Waals surface area (Å²) in [7, 11) is 2.01. The molecule has 2 N–H and O–H groups in total. The molecule has 1 atom stereocenters. The van der Waals surface area contributed by atoms with Crippen molar-refractivity contribution in [3.63, 3.8) is 0 Å². The van der Waals surface area contributed by atoms with Gasteiger partial charge in [0.2, 0.25) is 0 Å². The lowest BCUT2D eigenvalue weighted by molar-refractivity contribution is 0.310. The van der Waals surface area contributed by atoms with Crippen LogP contribution < -0.4 is 5.73 Å². The second-order valence-electron chi connectivity index (χ2n) is 3.89. The molecule has 0 aliphatic carbocycles. The van der Waals surface area contributed by atoms with Gasteiger partial charge in [-0.1, -0.05) is 35.3 Å². The monoisotopic (exact) mass is 246 g/mol. The summed E-state index contributed by atoms with van der Waals surface area (Å²) >= 11 is 12.0. The standard InChI is InChI=1S/C11H16Cl2N2/c1-8(14)6-15(2)7-9-4-3-5-10(12)11(9)13/h3-5,8H,6-7,14H2,1-2H3. The van der Waals surface area contributed by atoms with Crippen LogP contribution in [-0.4, -0.2) is 24.5 Å². The first-order valence-corrected chi connectivity index (χ1v) is 5.63. The summed E-state index contributed by atoms with van der Waals surface area (Å²) in [5.41, 5.74) is 6.75. The highest BCUT2D eigenvalue weighted by atomic mass is 35.5. The number of hydrogen-bond donors (Lipinski definition) is 1. The SMILES string of the molecule is CC(N)CN(C)Cc1cccc(Cl)c1Cl. The normalized spacial score (nSPS) is 13.2. The third-order valence-electron chi connectivity index (χ3n) is 2.07. The van der Waals surface area contributed by atoms with Crippen molar-refractivity contribution in [3.8, 4) is 0 Å². The molecule has 1 aromatic rings. The second kappa shape index (κ2) is 5.71. The van der Waals surface area contributed by atoms with Crippen molar-refractivity contribution in [1.82, 2.24) is 4.90 Å². The molecule has 0 amide bonds. The van der Waals surface area contributed by atoms with Crippen LogP contribution >= 0.6 is 23.2 Å². The Bertz CT molecular complexity index is 326. The van der Waals surface area contributed by atoms with E-state index in [1.807, 2.05) is 26.1 Å². The van der Waals surface area contributed by atoms with E-state index < -0.39 is 0 Å². The van der Waals surface area contributed by atoms with Crippen LogP contribution in [-0.2, 0) is 6.54 Å². The molecule has 1 aromatic carbocycles. The summed E-state index contributed by atoms with van der Waals surface area (Å²) in [6.45, 7) is 3.58. The number of likely N-dealkylation sites (N-methyl/N-ethyl adjacent to an activating group) is 1. The van der Waals surface area contributed by atoms with Crippen molar-refractivity contribution in [3.05, 3.63) is 33.8 Å². The molecule has 0 saturated heterocycles. The Morgan fingerprint density at radius 1 is 1.40 bits per heavy atom. The molecule has 0 radical (unpaired) electrons. The zero-order valence-corrected chi connectivity index (χ0v) is 10.5. The van der Waals surface area contributed by atoms with E-state index in [0.717, 1.165) is 18.7 Å². The van der Waals surface area contributed by atoms with Gasteiger partial charge in [0.15, 0.2) is 0 Å². The van der Waals surface area contributed by atoms with E-state index in [1.165, 1.54) is 0 Å². The largest absolute Gasteiger partial charge is 0.327 e. The van der Waals surface area contributed by atoms with Crippen molar-refractivity contribution < 1.29 is 0 Å². The van der Waals surface area contributed by atoms with Gasteiger partial charge in [0.05, 0.1) is 10.0 Å². The molecule has 0 fully saturated rings. The summed E-state index contributed by atoms with van der Waals surface area (Å²) in [6, 6.07) is 5.83. The Hall–Kier alpha value is -0.280. The van der Waals surface area contributed by atoms with Gasteiger partial charge in [-0.3, -0.25) is 0 Å². The fourth-order valence-electron chi connectivity index (χ4n) is 1.52. The molecule has 1 rings (SSSR count). The average Bonchev–Trinajstić information content (AvgIpc) is 2.11. The molecule has 0 aromatic heterocycles. The minimum atomic E-state index is 0.160. The number of benzene rings is 1. The van der Waals surface area contributed by atoms with Gasteiger partial charge in [0.1, 0.15) is 0 Å². The highest BCUT2D eigenvalue weighted by Gasteiger charge is 2.08. The van der Waals surface area contributed by atoms with Crippen LogP contribution in [0.15, 0.2) is 18.2 Å². The van der Waals surface area contributed by atoms with Gasteiger partial charge in [-0.2, -0.15) is 0 Å². The zero-order chi connectivity index (χ0) is 11.4. The Balaban J connectivity index is 2.68. The number of nitrogens with two attached hydrogens (primary N) is 1. The molecule has 0 aliphatic rings. The molecule has 0 saturated carbocycles. The summed E-state index contributed by atoms with van der Waals surface area (Å²) in [6.07, 6.45) is 0. The Kier molecular flexibility index (Phi) is 4.87. The Morgan fingerprint density at radius 2 is 2.07 bits per heavy atom. The first kappa shape index (κ1) is 12.8. The predicted octanol–water partition coefficient (Wildman–Crippen LogP) is 2.77. The molecular weight excluding hydrogens is 231 g/mol.